The number of carbonyl (C=O) groups excluding carboxylic acids is 1. The van der Waals surface area contributed by atoms with Crippen LogP contribution in [0.15, 0.2) is 41.3 Å². The van der Waals surface area contributed by atoms with E-state index in [1.807, 2.05) is 0 Å². The SMILES string of the molecule is COc1ccc(S(=O)(=O)N2CCCC2)cc1NC(=O)CN(c1ccc2c(c1)OCO2)S(C)(=O)=O. The molecular weight excluding hydrogens is 486 g/mol. The standard InChI is InChI=1S/C21H25N3O8S2/c1-30-18-8-6-16(34(28,29)23-9-3-4-10-23)12-17(18)22-21(25)13-24(33(2,26)27)15-5-7-19-20(11-15)32-14-31-19/h5-8,11-12H,3-4,9-10,13-14H2,1-2H3,(H,22,25). The third-order valence-corrected chi connectivity index (χ3v) is 8.51. The van der Waals surface area contributed by atoms with Crippen LogP contribution in [0.3, 0.4) is 0 Å². The van der Waals surface area contributed by atoms with Gasteiger partial charge in [-0.15, -0.1) is 0 Å². The number of benzene rings is 2. The second-order valence-corrected chi connectivity index (χ2v) is 11.7. The number of amides is 1. The van der Waals surface area contributed by atoms with E-state index in [0.29, 0.717) is 24.6 Å². The van der Waals surface area contributed by atoms with Gasteiger partial charge in [0.1, 0.15) is 12.3 Å². The predicted octanol–water partition coefficient (Wildman–Crippen LogP) is 1.61. The fraction of sp³-hybridized carbons (Fsp3) is 0.381. The molecule has 2 aromatic rings. The lowest BCUT2D eigenvalue weighted by Gasteiger charge is -2.22. The predicted molar refractivity (Wildman–Crippen MR) is 124 cm³/mol. The molecule has 0 aromatic heterocycles. The van der Waals surface area contributed by atoms with Gasteiger partial charge in [-0.25, -0.2) is 16.8 Å². The maximum atomic E-state index is 12.9. The van der Waals surface area contributed by atoms with E-state index in [4.69, 9.17) is 14.2 Å². The average Bonchev–Trinajstić information content (AvgIpc) is 3.48. The van der Waals surface area contributed by atoms with Crippen LogP contribution in [0.5, 0.6) is 17.2 Å². The molecule has 0 bridgehead atoms. The number of hydrogen-bond acceptors (Lipinski definition) is 8. The van der Waals surface area contributed by atoms with Crippen LogP contribution in [0, 0.1) is 0 Å². The lowest BCUT2D eigenvalue weighted by molar-refractivity contribution is -0.114. The number of fused-ring (bicyclic) bond motifs is 1. The Labute approximate surface area is 198 Å². The first-order chi connectivity index (χ1) is 16.1. The lowest BCUT2D eigenvalue weighted by Crippen LogP contribution is -2.37. The van der Waals surface area contributed by atoms with Crippen molar-refractivity contribution in [2.45, 2.75) is 17.7 Å². The molecule has 1 N–H and O–H groups in total. The first-order valence-electron chi connectivity index (χ1n) is 10.4. The van der Waals surface area contributed by atoms with Gasteiger partial charge in [0.25, 0.3) is 0 Å². The second kappa shape index (κ2) is 9.31. The van der Waals surface area contributed by atoms with E-state index in [1.54, 1.807) is 6.07 Å². The summed E-state index contributed by atoms with van der Waals surface area (Å²) in [6.07, 6.45) is 2.56. The summed E-state index contributed by atoms with van der Waals surface area (Å²) in [6.45, 7) is 0.350. The van der Waals surface area contributed by atoms with Gasteiger partial charge < -0.3 is 19.5 Å². The number of rotatable bonds is 8. The minimum atomic E-state index is -3.84. The molecule has 2 aromatic carbocycles. The molecule has 0 spiro atoms. The van der Waals surface area contributed by atoms with Crippen molar-refractivity contribution < 1.29 is 35.8 Å². The van der Waals surface area contributed by atoms with E-state index in [-0.39, 0.29) is 28.8 Å². The van der Waals surface area contributed by atoms with Gasteiger partial charge >= 0.3 is 0 Å². The van der Waals surface area contributed by atoms with Crippen LogP contribution < -0.4 is 23.8 Å². The summed E-state index contributed by atoms with van der Waals surface area (Å²) < 4.78 is 68.8. The third-order valence-electron chi connectivity index (χ3n) is 5.48. The van der Waals surface area contributed by atoms with Crippen molar-refractivity contribution in [3.05, 3.63) is 36.4 Å². The van der Waals surface area contributed by atoms with Gasteiger partial charge in [-0.05, 0) is 43.2 Å². The summed E-state index contributed by atoms with van der Waals surface area (Å²) in [4.78, 5) is 12.9. The Kier molecular flexibility index (Phi) is 6.60. The molecule has 0 aliphatic carbocycles. The summed E-state index contributed by atoms with van der Waals surface area (Å²) in [7, 11) is -6.18. The van der Waals surface area contributed by atoms with Gasteiger partial charge in [0.2, 0.25) is 32.7 Å². The van der Waals surface area contributed by atoms with Crippen LogP contribution >= 0.6 is 0 Å². The van der Waals surface area contributed by atoms with Crippen molar-refractivity contribution >= 4 is 37.3 Å². The summed E-state index contributed by atoms with van der Waals surface area (Å²) in [5, 5.41) is 2.58. The number of methoxy groups -OCH3 is 1. The molecule has 1 fully saturated rings. The van der Waals surface area contributed by atoms with Gasteiger partial charge in [0, 0.05) is 19.2 Å². The number of carbonyl (C=O) groups is 1. The molecule has 11 nitrogen and oxygen atoms in total. The average molecular weight is 512 g/mol. The van der Waals surface area contributed by atoms with Crippen molar-refractivity contribution in [1.29, 1.82) is 0 Å². The molecule has 13 heteroatoms. The Balaban J connectivity index is 1.58. The monoisotopic (exact) mass is 511 g/mol. The van der Waals surface area contributed by atoms with Crippen molar-refractivity contribution in [2.24, 2.45) is 0 Å². The van der Waals surface area contributed by atoms with Crippen LogP contribution in [0.2, 0.25) is 0 Å². The van der Waals surface area contributed by atoms with E-state index in [2.05, 4.69) is 5.32 Å². The highest BCUT2D eigenvalue weighted by molar-refractivity contribution is 7.92. The molecule has 0 radical (unpaired) electrons. The highest BCUT2D eigenvalue weighted by Crippen LogP contribution is 2.36. The topological polar surface area (TPSA) is 132 Å². The van der Waals surface area contributed by atoms with E-state index in [9.17, 15) is 21.6 Å². The molecule has 0 unspecified atom stereocenters. The Bertz CT molecular complexity index is 1310. The van der Waals surface area contributed by atoms with E-state index in [0.717, 1.165) is 23.4 Å². The molecule has 184 valence electrons. The normalized spacial score (nSPS) is 15.8. The van der Waals surface area contributed by atoms with Gasteiger partial charge in [0.15, 0.2) is 11.5 Å². The fourth-order valence-corrected chi connectivity index (χ4v) is 6.18. The minimum Gasteiger partial charge on any atom is -0.495 e. The van der Waals surface area contributed by atoms with Crippen molar-refractivity contribution in [3.8, 4) is 17.2 Å². The first kappa shape index (κ1) is 24.1. The molecule has 0 atom stereocenters. The molecule has 2 aliphatic heterocycles. The van der Waals surface area contributed by atoms with Crippen molar-refractivity contribution in [1.82, 2.24) is 4.31 Å². The third kappa shape index (κ3) is 4.91. The molecule has 2 aliphatic rings. The van der Waals surface area contributed by atoms with Crippen LogP contribution in [-0.4, -0.2) is 66.8 Å². The summed E-state index contributed by atoms with van der Waals surface area (Å²) >= 11 is 0. The quantitative estimate of drug-likeness (QED) is 0.566. The van der Waals surface area contributed by atoms with Crippen LogP contribution in [-0.2, 0) is 24.8 Å². The number of hydrogen-bond donors (Lipinski definition) is 1. The Morgan fingerprint density at radius 2 is 1.76 bits per heavy atom. The zero-order chi connectivity index (χ0) is 24.5. The van der Waals surface area contributed by atoms with Gasteiger partial charge in [-0.1, -0.05) is 0 Å². The minimum absolute atomic E-state index is 0.0150. The Hall–Kier alpha value is -3.03. The number of ether oxygens (including phenoxy) is 3. The lowest BCUT2D eigenvalue weighted by atomic mass is 10.2. The van der Waals surface area contributed by atoms with Crippen LogP contribution in [0.25, 0.3) is 0 Å². The number of nitrogens with one attached hydrogen (secondary N) is 1. The molecule has 2 heterocycles. The molecule has 34 heavy (non-hydrogen) atoms. The summed E-state index contributed by atoms with van der Waals surface area (Å²) in [5.74, 6) is 0.398. The molecule has 1 saturated heterocycles. The Morgan fingerprint density at radius 1 is 1.06 bits per heavy atom. The van der Waals surface area contributed by atoms with Crippen molar-refractivity contribution in [2.75, 3.05) is 49.4 Å². The number of nitrogens with zero attached hydrogens (tertiary/aromatic N) is 2. The van der Waals surface area contributed by atoms with Gasteiger partial charge in [-0.3, -0.25) is 9.10 Å². The van der Waals surface area contributed by atoms with Gasteiger partial charge in [-0.2, -0.15) is 4.31 Å². The Morgan fingerprint density at radius 3 is 2.44 bits per heavy atom. The smallest absolute Gasteiger partial charge is 0.245 e. The largest absolute Gasteiger partial charge is 0.495 e. The summed E-state index contributed by atoms with van der Waals surface area (Å²) in [6, 6.07) is 8.72. The highest BCUT2D eigenvalue weighted by atomic mass is 32.2. The zero-order valence-electron chi connectivity index (χ0n) is 18.7. The van der Waals surface area contributed by atoms with E-state index >= 15 is 0 Å². The van der Waals surface area contributed by atoms with E-state index < -0.39 is 32.5 Å². The second-order valence-electron chi connectivity index (χ2n) is 7.83. The molecule has 4 rings (SSSR count). The maximum Gasteiger partial charge on any atom is 0.245 e. The summed E-state index contributed by atoms with van der Waals surface area (Å²) in [5.41, 5.74) is 0.339. The molecular formula is C21H25N3O8S2. The highest BCUT2D eigenvalue weighted by Gasteiger charge is 2.29. The zero-order valence-corrected chi connectivity index (χ0v) is 20.3. The van der Waals surface area contributed by atoms with Crippen LogP contribution in [0.4, 0.5) is 11.4 Å². The molecule has 1 amide bonds. The fourth-order valence-electron chi connectivity index (χ4n) is 3.78. The van der Waals surface area contributed by atoms with E-state index in [1.165, 1.54) is 41.7 Å². The van der Waals surface area contributed by atoms with Crippen LogP contribution in [0.1, 0.15) is 12.8 Å². The number of anilines is 2. The van der Waals surface area contributed by atoms with Crippen molar-refractivity contribution in [3.63, 3.8) is 0 Å². The maximum absolute atomic E-state index is 12.9. The number of sulfonamides is 2. The molecule has 0 saturated carbocycles. The first-order valence-corrected chi connectivity index (χ1v) is 13.7. The van der Waals surface area contributed by atoms with Gasteiger partial charge in [0.05, 0.1) is 29.6 Å².